The van der Waals surface area contributed by atoms with Gasteiger partial charge < -0.3 is 5.32 Å². The normalized spacial score (nSPS) is 14.5. The van der Waals surface area contributed by atoms with Gasteiger partial charge in [-0.3, -0.25) is 0 Å². The van der Waals surface area contributed by atoms with Crippen molar-refractivity contribution in [3.8, 4) is 0 Å². The Kier molecular flexibility index (Phi) is 7.42. The van der Waals surface area contributed by atoms with E-state index in [0.29, 0.717) is 10.7 Å². The average molecular weight is 514 g/mol. The maximum atomic E-state index is 12.8. The average Bonchev–Trinajstić information content (AvgIpc) is 3.51. The van der Waals surface area contributed by atoms with Crippen LogP contribution in [-0.4, -0.2) is 28.9 Å². The zero-order valence-electron chi connectivity index (χ0n) is 18.8. The topological polar surface area (TPSA) is 121 Å². The summed E-state index contributed by atoms with van der Waals surface area (Å²) in [6.07, 6.45) is 1.50. The van der Waals surface area contributed by atoms with Crippen LogP contribution in [0.2, 0.25) is 5.02 Å². The SMILES string of the molecule is CC(C)c1cc(Cl)cc(C(C)C)c1NC(=O)NS(=O)(=O)c1cccc(S(=O)(=O)NC2CC2)c1. The van der Waals surface area contributed by atoms with Gasteiger partial charge in [0.1, 0.15) is 0 Å². The van der Waals surface area contributed by atoms with Crippen LogP contribution in [-0.2, 0) is 20.0 Å². The van der Waals surface area contributed by atoms with Crippen molar-refractivity contribution < 1.29 is 21.6 Å². The third-order valence-corrected chi connectivity index (χ3v) is 8.26. The van der Waals surface area contributed by atoms with Gasteiger partial charge in [-0.2, -0.15) is 0 Å². The number of carbonyl (C=O) groups excluding carboxylic acids is 1. The first-order chi connectivity index (χ1) is 15.3. The minimum atomic E-state index is -4.33. The first kappa shape index (κ1) is 25.5. The van der Waals surface area contributed by atoms with E-state index in [9.17, 15) is 21.6 Å². The van der Waals surface area contributed by atoms with Crippen LogP contribution >= 0.6 is 11.6 Å². The molecule has 11 heteroatoms. The number of sulfonamides is 2. The molecule has 2 amide bonds. The molecule has 180 valence electrons. The Balaban J connectivity index is 1.86. The highest BCUT2D eigenvalue weighted by atomic mass is 35.5. The molecule has 0 radical (unpaired) electrons. The lowest BCUT2D eigenvalue weighted by Crippen LogP contribution is -2.35. The summed E-state index contributed by atoms with van der Waals surface area (Å²) >= 11 is 6.24. The smallest absolute Gasteiger partial charge is 0.307 e. The van der Waals surface area contributed by atoms with Crippen LogP contribution in [0, 0.1) is 0 Å². The van der Waals surface area contributed by atoms with Gasteiger partial charge in [0, 0.05) is 16.8 Å². The third-order valence-electron chi connectivity index (χ3n) is 5.20. The summed E-state index contributed by atoms with van der Waals surface area (Å²) in [5.41, 5.74) is 2.05. The van der Waals surface area contributed by atoms with E-state index in [1.807, 2.05) is 32.4 Å². The van der Waals surface area contributed by atoms with E-state index in [-0.39, 0.29) is 27.7 Å². The summed E-state index contributed by atoms with van der Waals surface area (Å²) in [4.78, 5) is 12.2. The van der Waals surface area contributed by atoms with Crippen LogP contribution in [0.3, 0.4) is 0 Å². The third kappa shape index (κ3) is 6.26. The number of rotatable bonds is 8. The van der Waals surface area contributed by atoms with E-state index in [1.165, 1.54) is 18.2 Å². The molecule has 0 aliphatic heterocycles. The minimum absolute atomic E-state index is 0.0222. The quantitative estimate of drug-likeness (QED) is 0.478. The van der Waals surface area contributed by atoms with Crippen molar-refractivity contribution in [3.05, 3.63) is 52.5 Å². The minimum Gasteiger partial charge on any atom is -0.307 e. The van der Waals surface area contributed by atoms with Gasteiger partial charge in [-0.15, -0.1) is 0 Å². The zero-order chi connectivity index (χ0) is 24.6. The summed E-state index contributed by atoms with van der Waals surface area (Å²) in [6.45, 7) is 7.77. The Morgan fingerprint density at radius 1 is 0.909 bits per heavy atom. The fourth-order valence-corrected chi connectivity index (χ4v) is 5.93. The fourth-order valence-electron chi connectivity index (χ4n) is 3.32. The molecule has 0 aromatic heterocycles. The Morgan fingerprint density at radius 2 is 1.42 bits per heavy atom. The van der Waals surface area contributed by atoms with Gasteiger partial charge >= 0.3 is 6.03 Å². The van der Waals surface area contributed by atoms with Crippen molar-refractivity contribution in [2.24, 2.45) is 0 Å². The number of benzene rings is 2. The summed E-state index contributed by atoms with van der Waals surface area (Å²) in [6, 6.07) is 7.29. The van der Waals surface area contributed by atoms with E-state index in [4.69, 9.17) is 11.6 Å². The van der Waals surface area contributed by atoms with Crippen LogP contribution in [0.1, 0.15) is 63.5 Å². The van der Waals surface area contributed by atoms with E-state index < -0.39 is 26.1 Å². The molecule has 1 aliphatic rings. The number of nitrogens with one attached hydrogen (secondary N) is 3. The highest BCUT2D eigenvalue weighted by Gasteiger charge is 2.29. The number of amides is 2. The Hall–Kier alpha value is -2.14. The van der Waals surface area contributed by atoms with Gasteiger partial charge in [-0.1, -0.05) is 45.4 Å². The molecule has 0 saturated heterocycles. The highest BCUT2D eigenvalue weighted by molar-refractivity contribution is 7.90. The number of carbonyl (C=O) groups is 1. The lowest BCUT2D eigenvalue weighted by molar-refractivity contribution is 0.256. The van der Waals surface area contributed by atoms with Crippen molar-refractivity contribution in [2.75, 3.05) is 5.32 Å². The van der Waals surface area contributed by atoms with Crippen molar-refractivity contribution in [2.45, 2.75) is 68.2 Å². The van der Waals surface area contributed by atoms with Crippen molar-refractivity contribution in [3.63, 3.8) is 0 Å². The van der Waals surface area contributed by atoms with Crippen LogP contribution in [0.5, 0.6) is 0 Å². The molecule has 0 atom stereocenters. The largest absolute Gasteiger partial charge is 0.333 e. The van der Waals surface area contributed by atoms with E-state index in [0.717, 1.165) is 30.0 Å². The molecule has 1 saturated carbocycles. The van der Waals surface area contributed by atoms with E-state index in [1.54, 1.807) is 12.1 Å². The predicted octanol–water partition coefficient (Wildman–Crippen LogP) is 4.54. The Bertz CT molecular complexity index is 1240. The van der Waals surface area contributed by atoms with E-state index in [2.05, 4.69) is 10.0 Å². The molecule has 3 rings (SSSR count). The lowest BCUT2D eigenvalue weighted by Gasteiger charge is -2.21. The van der Waals surface area contributed by atoms with Crippen molar-refractivity contribution >= 4 is 43.4 Å². The zero-order valence-corrected chi connectivity index (χ0v) is 21.2. The first-order valence-electron chi connectivity index (χ1n) is 10.6. The van der Waals surface area contributed by atoms with Crippen LogP contribution in [0.25, 0.3) is 0 Å². The maximum absolute atomic E-state index is 12.8. The fraction of sp³-hybridized carbons (Fsp3) is 0.409. The van der Waals surface area contributed by atoms with Crippen molar-refractivity contribution in [1.82, 2.24) is 9.44 Å². The maximum Gasteiger partial charge on any atom is 0.333 e. The van der Waals surface area contributed by atoms with Crippen molar-refractivity contribution in [1.29, 1.82) is 0 Å². The van der Waals surface area contributed by atoms with E-state index >= 15 is 0 Å². The molecule has 1 aliphatic carbocycles. The molecule has 0 bridgehead atoms. The highest BCUT2D eigenvalue weighted by Crippen LogP contribution is 2.35. The molecule has 8 nitrogen and oxygen atoms in total. The molecule has 2 aromatic carbocycles. The van der Waals surface area contributed by atoms with Gasteiger partial charge in [0.15, 0.2) is 0 Å². The molecule has 33 heavy (non-hydrogen) atoms. The molecule has 1 fully saturated rings. The van der Waals surface area contributed by atoms with Crippen LogP contribution in [0.15, 0.2) is 46.2 Å². The molecule has 0 heterocycles. The number of halogens is 1. The summed E-state index contributed by atoms with van der Waals surface area (Å²) in [5.74, 6) is 0.0444. The van der Waals surface area contributed by atoms with Crippen LogP contribution in [0.4, 0.5) is 10.5 Å². The molecule has 2 aromatic rings. The second kappa shape index (κ2) is 9.61. The first-order valence-corrected chi connectivity index (χ1v) is 13.9. The Morgan fingerprint density at radius 3 is 1.91 bits per heavy atom. The molecular formula is C22H28ClN3O5S2. The standard InChI is InChI=1S/C22H28ClN3O5S2/c1-13(2)19-10-15(23)11-20(14(3)4)21(19)24-22(27)26-33(30,31)18-7-5-6-17(12-18)32(28,29)25-16-8-9-16/h5-7,10-14,16,25H,8-9H2,1-4H3,(H2,24,26,27). The number of urea groups is 1. The number of hydrogen-bond donors (Lipinski definition) is 3. The lowest BCUT2D eigenvalue weighted by atomic mass is 9.92. The second-order valence-electron chi connectivity index (χ2n) is 8.70. The van der Waals surface area contributed by atoms with Crippen LogP contribution < -0.4 is 14.8 Å². The second-order valence-corrected chi connectivity index (χ2v) is 12.5. The predicted molar refractivity (Wildman–Crippen MR) is 129 cm³/mol. The molecular weight excluding hydrogens is 486 g/mol. The van der Waals surface area contributed by atoms with Gasteiger partial charge in [-0.25, -0.2) is 31.1 Å². The Labute approximate surface area is 200 Å². The number of anilines is 1. The summed E-state index contributed by atoms with van der Waals surface area (Å²) in [5, 5.41) is 3.18. The molecule has 0 unspecified atom stereocenters. The molecule has 3 N–H and O–H groups in total. The monoisotopic (exact) mass is 513 g/mol. The van der Waals surface area contributed by atoms with Gasteiger partial charge in [0.25, 0.3) is 10.0 Å². The number of hydrogen-bond acceptors (Lipinski definition) is 5. The molecule has 0 spiro atoms. The summed E-state index contributed by atoms with van der Waals surface area (Å²) in [7, 11) is -8.18. The summed E-state index contributed by atoms with van der Waals surface area (Å²) < 4.78 is 55.0. The van der Waals surface area contributed by atoms with Gasteiger partial charge in [-0.05, 0) is 66.1 Å². The van der Waals surface area contributed by atoms with Gasteiger partial charge in [0.2, 0.25) is 10.0 Å². The van der Waals surface area contributed by atoms with Gasteiger partial charge in [0.05, 0.1) is 9.79 Å².